The maximum absolute atomic E-state index is 13.7. The summed E-state index contributed by atoms with van der Waals surface area (Å²) in [6, 6.07) is 5.01. The number of allylic oxidation sites excluding steroid dienone is 1. The van der Waals surface area contributed by atoms with Gasteiger partial charge in [-0.15, -0.1) is 0 Å². The maximum Gasteiger partial charge on any atom is 0.245 e. The number of aryl methyl sites for hydroxylation is 1. The number of benzene rings is 1. The average Bonchev–Trinajstić information content (AvgIpc) is 3.11. The van der Waals surface area contributed by atoms with Gasteiger partial charge in [0.25, 0.3) is 0 Å². The minimum atomic E-state index is -0.656. The van der Waals surface area contributed by atoms with E-state index in [1.54, 1.807) is 19.0 Å². The molecule has 0 fully saturated rings. The summed E-state index contributed by atoms with van der Waals surface area (Å²) in [6.45, 7) is 15.0. The molecule has 1 heterocycles. The molecule has 0 aliphatic rings. The van der Waals surface area contributed by atoms with Crippen molar-refractivity contribution in [2.24, 2.45) is 18.2 Å². The fraction of sp³-hybridized carbons (Fsp3) is 0.571. The Morgan fingerprint density at radius 1 is 1.14 bits per heavy atom. The first kappa shape index (κ1) is 28.6. The van der Waals surface area contributed by atoms with Crippen molar-refractivity contribution in [2.45, 2.75) is 72.5 Å². The molecule has 4 N–H and O–H groups in total. The van der Waals surface area contributed by atoms with E-state index in [2.05, 4.69) is 47.4 Å². The molecule has 0 saturated heterocycles. The fourth-order valence-electron chi connectivity index (χ4n) is 4.55. The summed E-state index contributed by atoms with van der Waals surface area (Å²) < 4.78 is 2.08. The Labute approximate surface area is 211 Å². The lowest BCUT2D eigenvalue weighted by molar-refractivity contribution is -0.138. The molecule has 7 nitrogen and oxygen atoms in total. The van der Waals surface area contributed by atoms with Gasteiger partial charge >= 0.3 is 0 Å². The Morgan fingerprint density at radius 2 is 1.77 bits per heavy atom. The summed E-state index contributed by atoms with van der Waals surface area (Å²) in [4.78, 5) is 28.7. The third-order valence-corrected chi connectivity index (χ3v) is 6.81. The topological polar surface area (TPSA) is 92.4 Å². The molecule has 0 radical (unpaired) electrons. The molecule has 2 aromatic rings. The maximum atomic E-state index is 13.7. The van der Waals surface area contributed by atoms with Gasteiger partial charge in [0.2, 0.25) is 11.8 Å². The zero-order chi connectivity index (χ0) is 26.7. The molecule has 2 amide bonds. The first-order valence-corrected chi connectivity index (χ1v) is 12.3. The normalized spacial score (nSPS) is 13.9. The van der Waals surface area contributed by atoms with Crippen LogP contribution in [-0.4, -0.2) is 54.0 Å². The molecule has 35 heavy (non-hydrogen) atoms. The molecule has 2 atom stereocenters. The Hall–Kier alpha value is -2.64. The van der Waals surface area contributed by atoms with Crippen LogP contribution in [0.3, 0.4) is 0 Å². The molecule has 7 heteroatoms. The van der Waals surface area contributed by atoms with Crippen molar-refractivity contribution in [3.05, 3.63) is 47.2 Å². The van der Waals surface area contributed by atoms with E-state index in [1.165, 1.54) is 0 Å². The van der Waals surface area contributed by atoms with Crippen molar-refractivity contribution in [1.82, 2.24) is 20.1 Å². The number of rotatable bonds is 9. The van der Waals surface area contributed by atoms with Gasteiger partial charge in [-0.3, -0.25) is 9.59 Å². The first-order valence-electron chi connectivity index (χ1n) is 12.3. The molecule has 2 rings (SSSR count). The molecule has 0 bridgehead atoms. The van der Waals surface area contributed by atoms with E-state index in [0.717, 1.165) is 27.6 Å². The van der Waals surface area contributed by atoms with Crippen LogP contribution in [0.1, 0.15) is 59.6 Å². The van der Waals surface area contributed by atoms with E-state index < -0.39 is 22.9 Å². The van der Waals surface area contributed by atoms with Crippen LogP contribution >= 0.6 is 0 Å². The lowest BCUT2D eigenvalue weighted by atomic mass is 9.76. The molecule has 194 valence electrons. The van der Waals surface area contributed by atoms with E-state index in [0.29, 0.717) is 13.1 Å². The van der Waals surface area contributed by atoms with Gasteiger partial charge in [-0.05, 0) is 43.5 Å². The SMILES string of the molecule is CNC(C(=O)NC(C(=O)N(C)CC=C(C)C)C(C)(C)C)C(C)(C)c1cn(C)c2cc(CN)ccc12. The van der Waals surface area contributed by atoms with E-state index in [1.807, 2.05) is 53.8 Å². The standard InChI is InChI=1S/C28H45N5O2/c1-18(2)13-14-32(9)26(35)24(27(3,4)5)31-25(34)23(30-8)28(6,7)21-17-33(10)22-15-19(16-29)11-12-20(21)22/h11-13,15,17,23-24,30H,14,16,29H2,1-10H3,(H,31,34). The summed E-state index contributed by atoms with van der Waals surface area (Å²) in [6.07, 6.45) is 4.09. The molecular formula is C28H45N5O2. The number of fused-ring (bicyclic) bond motifs is 1. The number of nitrogens with two attached hydrogens (primary N) is 1. The summed E-state index contributed by atoms with van der Waals surface area (Å²) >= 11 is 0. The highest BCUT2D eigenvalue weighted by Crippen LogP contribution is 2.35. The predicted molar refractivity (Wildman–Crippen MR) is 145 cm³/mol. The molecule has 0 saturated carbocycles. The second-order valence-electron chi connectivity index (χ2n) is 11.5. The molecule has 2 unspecified atom stereocenters. The van der Waals surface area contributed by atoms with Crippen LogP contribution in [0.2, 0.25) is 0 Å². The highest BCUT2D eigenvalue weighted by molar-refractivity contribution is 5.93. The van der Waals surface area contributed by atoms with E-state index >= 15 is 0 Å². The minimum Gasteiger partial charge on any atom is -0.350 e. The number of nitrogens with one attached hydrogen (secondary N) is 2. The Morgan fingerprint density at radius 3 is 2.29 bits per heavy atom. The second kappa shape index (κ2) is 11.0. The van der Waals surface area contributed by atoms with Gasteiger partial charge in [0, 0.05) is 49.7 Å². The van der Waals surface area contributed by atoms with Crippen LogP contribution in [0.15, 0.2) is 36.0 Å². The number of nitrogens with zero attached hydrogens (tertiary/aromatic N) is 2. The molecule has 1 aromatic heterocycles. The molecule has 0 aliphatic carbocycles. The predicted octanol–water partition coefficient (Wildman–Crippen LogP) is 3.46. The summed E-state index contributed by atoms with van der Waals surface area (Å²) in [5.41, 5.74) is 9.19. The molecule has 0 spiro atoms. The largest absolute Gasteiger partial charge is 0.350 e. The van der Waals surface area contributed by atoms with Crippen LogP contribution in [0.25, 0.3) is 10.9 Å². The van der Waals surface area contributed by atoms with Gasteiger partial charge in [-0.2, -0.15) is 0 Å². The quantitative estimate of drug-likeness (QED) is 0.476. The Bertz CT molecular complexity index is 1090. The van der Waals surface area contributed by atoms with Crippen molar-refractivity contribution in [2.75, 3.05) is 20.6 Å². The van der Waals surface area contributed by atoms with Gasteiger partial charge in [0.15, 0.2) is 0 Å². The number of carbonyl (C=O) groups is 2. The van der Waals surface area contributed by atoms with Crippen molar-refractivity contribution < 1.29 is 9.59 Å². The van der Waals surface area contributed by atoms with Crippen LogP contribution < -0.4 is 16.4 Å². The number of amides is 2. The Kier molecular flexibility index (Phi) is 8.95. The second-order valence-corrected chi connectivity index (χ2v) is 11.5. The number of hydrogen-bond acceptors (Lipinski definition) is 4. The van der Waals surface area contributed by atoms with Crippen LogP contribution in [0.4, 0.5) is 0 Å². The van der Waals surface area contributed by atoms with E-state index in [4.69, 9.17) is 5.73 Å². The third-order valence-electron chi connectivity index (χ3n) is 6.81. The zero-order valence-electron chi connectivity index (χ0n) is 23.2. The van der Waals surface area contributed by atoms with Gasteiger partial charge < -0.3 is 25.8 Å². The van der Waals surface area contributed by atoms with Crippen LogP contribution in [0.5, 0.6) is 0 Å². The first-order chi connectivity index (χ1) is 16.1. The lowest BCUT2D eigenvalue weighted by Gasteiger charge is -2.38. The van der Waals surface area contributed by atoms with Gasteiger partial charge in [0.1, 0.15) is 6.04 Å². The minimum absolute atomic E-state index is 0.101. The number of aromatic nitrogens is 1. The van der Waals surface area contributed by atoms with E-state index in [-0.39, 0.29) is 11.8 Å². The zero-order valence-corrected chi connectivity index (χ0v) is 23.2. The average molecular weight is 484 g/mol. The summed E-state index contributed by atoms with van der Waals surface area (Å²) in [5, 5.41) is 7.41. The highest BCUT2D eigenvalue weighted by Gasteiger charge is 2.41. The third kappa shape index (κ3) is 6.33. The van der Waals surface area contributed by atoms with Gasteiger partial charge in [-0.1, -0.05) is 58.4 Å². The molecule has 1 aromatic carbocycles. The summed E-state index contributed by atoms with van der Waals surface area (Å²) in [5.74, 6) is -0.299. The smallest absolute Gasteiger partial charge is 0.245 e. The summed E-state index contributed by atoms with van der Waals surface area (Å²) in [7, 11) is 5.57. The number of carbonyl (C=O) groups excluding carboxylic acids is 2. The fourth-order valence-corrected chi connectivity index (χ4v) is 4.55. The monoisotopic (exact) mass is 483 g/mol. The van der Waals surface area contributed by atoms with E-state index in [9.17, 15) is 9.59 Å². The Balaban J connectivity index is 2.40. The molecule has 0 aliphatic heterocycles. The van der Waals surface area contributed by atoms with Gasteiger partial charge in [-0.25, -0.2) is 0 Å². The van der Waals surface area contributed by atoms with Crippen LogP contribution in [-0.2, 0) is 28.6 Å². The van der Waals surface area contributed by atoms with Crippen molar-refractivity contribution >= 4 is 22.7 Å². The molecular weight excluding hydrogens is 438 g/mol. The number of likely N-dealkylation sites (N-methyl/N-ethyl adjacent to an activating group) is 2. The van der Waals surface area contributed by atoms with Crippen molar-refractivity contribution in [1.29, 1.82) is 0 Å². The van der Waals surface area contributed by atoms with Crippen molar-refractivity contribution in [3.63, 3.8) is 0 Å². The lowest BCUT2D eigenvalue weighted by Crippen LogP contribution is -2.60. The number of hydrogen-bond donors (Lipinski definition) is 3. The van der Waals surface area contributed by atoms with Crippen molar-refractivity contribution in [3.8, 4) is 0 Å². The highest BCUT2D eigenvalue weighted by atomic mass is 16.2. The van der Waals surface area contributed by atoms with Gasteiger partial charge in [0.05, 0.1) is 6.04 Å². The van der Waals surface area contributed by atoms with Crippen LogP contribution in [0, 0.1) is 5.41 Å².